The Labute approximate surface area is 45.6 Å². The van der Waals surface area contributed by atoms with Gasteiger partial charge in [0.25, 0.3) is 0 Å². The van der Waals surface area contributed by atoms with E-state index in [1.54, 1.807) is 0 Å². The molecular weight excluding hydrogens is 109 g/mol. The summed E-state index contributed by atoms with van der Waals surface area (Å²) in [5.74, 6) is -1.05. The summed E-state index contributed by atoms with van der Waals surface area (Å²) < 4.78 is 12.0. The third-order valence-electron chi connectivity index (χ3n) is 0.748. The van der Waals surface area contributed by atoms with Gasteiger partial charge < -0.3 is 5.11 Å². The number of halogens is 1. The topological polar surface area (TPSA) is 33.1 Å². The van der Waals surface area contributed by atoms with Crippen molar-refractivity contribution in [1.82, 2.24) is 4.98 Å². The Kier molecular flexibility index (Phi) is 1.12. The fraction of sp³-hybridized carbons (Fsp3) is 0. The molecule has 0 saturated carbocycles. The lowest BCUT2D eigenvalue weighted by atomic mass is 10.4. The van der Waals surface area contributed by atoms with Crippen molar-refractivity contribution in [2.75, 3.05) is 0 Å². The van der Waals surface area contributed by atoms with Crippen molar-refractivity contribution in [3.63, 3.8) is 0 Å². The maximum absolute atomic E-state index is 12.0. The van der Waals surface area contributed by atoms with E-state index in [9.17, 15) is 4.39 Å². The second-order valence-electron chi connectivity index (χ2n) is 1.33. The summed E-state index contributed by atoms with van der Waals surface area (Å²) in [6.45, 7) is 0. The number of aromatic nitrogens is 1. The van der Waals surface area contributed by atoms with Crippen LogP contribution < -0.4 is 0 Å². The van der Waals surface area contributed by atoms with Crippen LogP contribution in [0.4, 0.5) is 4.39 Å². The molecule has 1 rings (SSSR count). The van der Waals surface area contributed by atoms with Crippen molar-refractivity contribution in [2.24, 2.45) is 0 Å². The summed E-state index contributed by atoms with van der Waals surface area (Å²) in [6, 6.07) is 1.09. The molecule has 0 radical (unpaired) electrons. The van der Waals surface area contributed by atoms with Crippen molar-refractivity contribution in [2.45, 2.75) is 0 Å². The molecule has 0 aromatic carbocycles. The third kappa shape index (κ3) is 0.753. The Morgan fingerprint density at radius 2 is 2.38 bits per heavy atom. The van der Waals surface area contributed by atoms with E-state index in [1.165, 1.54) is 6.20 Å². The van der Waals surface area contributed by atoms with E-state index in [-0.39, 0.29) is 0 Å². The molecule has 1 aromatic heterocycles. The SMILES string of the molecule is Oc1cnccc1F. The molecule has 0 saturated heterocycles. The van der Waals surface area contributed by atoms with Crippen LogP contribution in [0.1, 0.15) is 0 Å². The molecule has 2 nitrogen and oxygen atoms in total. The number of pyridine rings is 1. The summed E-state index contributed by atoms with van der Waals surface area (Å²) in [6.07, 6.45) is 2.32. The molecule has 0 aliphatic carbocycles. The summed E-state index contributed by atoms with van der Waals surface area (Å²) in [4.78, 5) is 3.46. The van der Waals surface area contributed by atoms with Crippen LogP contribution in [-0.2, 0) is 0 Å². The quantitative estimate of drug-likeness (QED) is 0.542. The number of nitrogens with zero attached hydrogens (tertiary/aromatic N) is 1. The van der Waals surface area contributed by atoms with E-state index in [0.717, 1.165) is 12.3 Å². The standard InChI is InChI=1S/C5H4FNO/c6-4-1-2-7-3-5(4)8/h1-3,8H. The normalized spacial score (nSPS) is 9.12. The molecule has 42 valence electrons. The Morgan fingerprint density at radius 3 is 2.75 bits per heavy atom. The molecule has 8 heavy (non-hydrogen) atoms. The van der Waals surface area contributed by atoms with Gasteiger partial charge in [-0.05, 0) is 6.07 Å². The molecule has 1 heterocycles. The van der Waals surface area contributed by atoms with E-state index in [0.29, 0.717) is 0 Å². The van der Waals surface area contributed by atoms with Crippen LogP contribution in [0, 0.1) is 5.82 Å². The number of hydrogen-bond donors (Lipinski definition) is 1. The summed E-state index contributed by atoms with van der Waals surface area (Å²) in [5, 5.41) is 8.48. The number of rotatable bonds is 0. The maximum atomic E-state index is 12.0. The molecule has 1 aromatic rings. The molecule has 0 aliphatic heterocycles. The lowest BCUT2D eigenvalue weighted by molar-refractivity contribution is 0.429. The first-order chi connectivity index (χ1) is 3.80. The van der Waals surface area contributed by atoms with Crippen LogP contribution in [0.15, 0.2) is 18.5 Å². The van der Waals surface area contributed by atoms with Gasteiger partial charge in [0.05, 0.1) is 6.20 Å². The van der Waals surface area contributed by atoms with Crippen molar-refractivity contribution in [3.8, 4) is 5.75 Å². The van der Waals surface area contributed by atoms with E-state index in [2.05, 4.69) is 4.98 Å². The monoisotopic (exact) mass is 113 g/mol. The van der Waals surface area contributed by atoms with Crippen LogP contribution in [0.25, 0.3) is 0 Å². The molecule has 3 heteroatoms. The highest BCUT2D eigenvalue weighted by Gasteiger charge is 1.93. The Bertz CT molecular complexity index is 169. The van der Waals surface area contributed by atoms with E-state index in [4.69, 9.17) is 5.11 Å². The van der Waals surface area contributed by atoms with Gasteiger partial charge in [0.1, 0.15) is 0 Å². The fourth-order valence-corrected chi connectivity index (χ4v) is 0.369. The minimum absolute atomic E-state index is 0.410. The van der Waals surface area contributed by atoms with Gasteiger partial charge in [-0.25, -0.2) is 4.39 Å². The summed E-state index contributed by atoms with van der Waals surface area (Å²) in [5.41, 5.74) is 0. The first-order valence-electron chi connectivity index (χ1n) is 2.09. The number of hydrogen-bond acceptors (Lipinski definition) is 2. The average Bonchev–Trinajstić information content (AvgIpc) is 1.77. The molecular formula is C5H4FNO. The van der Waals surface area contributed by atoms with Crippen molar-refractivity contribution in [1.29, 1.82) is 0 Å². The molecule has 0 spiro atoms. The van der Waals surface area contributed by atoms with Gasteiger partial charge in [0.2, 0.25) is 0 Å². The van der Waals surface area contributed by atoms with Crippen LogP contribution in [0.3, 0.4) is 0 Å². The zero-order chi connectivity index (χ0) is 5.98. The average molecular weight is 113 g/mol. The number of aromatic hydroxyl groups is 1. The highest BCUT2D eigenvalue weighted by molar-refractivity contribution is 5.15. The van der Waals surface area contributed by atoms with Crippen molar-refractivity contribution in [3.05, 3.63) is 24.3 Å². The van der Waals surface area contributed by atoms with Gasteiger partial charge in [-0.3, -0.25) is 4.98 Å². The molecule has 0 fully saturated rings. The molecule has 0 unspecified atom stereocenters. The predicted molar refractivity (Wildman–Crippen MR) is 25.9 cm³/mol. The van der Waals surface area contributed by atoms with Gasteiger partial charge >= 0.3 is 0 Å². The first kappa shape index (κ1) is 5.03. The smallest absolute Gasteiger partial charge is 0.169 e. The first-order valence-corrected chi connectivity index (χ1v) is 2.09. The van der Waals surface area contributed by atoms with Crippen molar-refractivity contribution >= 4 is 0 Å². The van der Waals surface area contributed by atoms with Gasteiger partial charge in [0, 0.05) is 6.20 Å². The maximum Gasteiger partial charge on any atom is 0.169 e. The lowest BCUT2D eigenvalue weighted by Gasteiger charge is -1.87. The van der Waals surface area contributed by atoms with Crippen LogP contribution in [0.2, 0.25) is 0 Å². The largest absolute Gasteiger partial charge is 0.504 e. The Hall–Kier alpha value is -1.12. The highest BCUT2D eigenvalue weighted by atomic mass is 19.1. The van der Waals surface area contributed by atoms with Crippen LogP contribution in [-0.4, -0.2) is 10.1 Å². The minimum Gasteiger partial charge on any atom is -0.504 e. The molecule has 0 amide bonds. The zero-order valence-corrected chi connectivity index (χ0v) is 4.00. The zero-order valence-electron chi connectivity index (χ0n) is 4.00. The van der Waals surface area contributed by atoms with Gasteiger partial charge in [-0.15, -0.1) is 0 Å². The van der Waals surface area contributed by atoms with Crippen molar-refractivity contribution < 1.29 is 9.50 Å². The molecule has 0 atom stereocenters. The fourth-order valence-electron chi connectivity index (χ4n) is 0.369. The van der Waals surface area contributed by atoms with Gasteiger partial charge in [0.15, 0.2) is 11.6 Å². The highest BCUT2D eigenvalue weighted by Crippen LogP contribution is 2.09. The molecule has 0 aliphatic rings. The third-order valence-corrected chi connectivity index (χ3v) is 0.748. The summed E-state index contributed by atoms with van der Waals surface area (Å²) in [7, 11) is 0. The van der Waals surface area contributed by atoms with E-state index < -0.39 is 11.6 Å². The summed E-state index contributed by atoms with van der Waals surface area (Å²) >= 11 is 0. The second-order valence-corrected chi connectivity index (χ2v) is 1.33. The second kappa shape index (κ2) is 1.78. The van der Waals surface area contributed by atoms with Gasteiger partial charge in [-0.2, -0.15) is 0 Å². The van der Waals surface area contributed by atoms with Crippen LogP contribution in [0.5, 0.6) is 5.75 Å². The minimum atomic E-state index is -0.639. The van der Waals surface area contributed by atoms with Gasteiger partial charge in [-0.1, -0.05) is 0 Å². The Morgan fingerprint density at radius 1 is 1.62 bits per heavy atom. The Balaban J connectivity index is 3.13. The molecule has 0 bridgehead atoms. The van der Waals surface area contributed by atoms with E-state index in [1.807, 2.05) is 0 Å². The van der Waals surface area contributed by atoms with Crippen LogP contribution >= 0.6 is 0 Å². The molecule has 1 N–H and O–H groups in total. The van der Waals surface area contributed by atoms with E-state index >= 15 is 0 Å². The lowest BCUT2D eigenvalue weighted by Crippen LogP contribution is -1.74. The predicted octanol–water partition coefficient (Wildman–Crippen LogP) is 0.926.